The molecule has 0 aliphatic heterocycles. The first-order valence-corrected chi connectivity index (χ1v) is 5.79. The average Bonchev–Trinajstić information content (AvgIpc) is 2.14. The van der Waals surface area contributed by atoms with Crippen molar-refractivity contribution in [1.82, 2.24) is 0 Å². The molecule has 66 valence electrons. The smallest absolute Gasteiger partial charge is 0.00988 e. The molecule has 1 atom stereocenters. The molecule has 0 aliphatic rings. The summed E-state index contributed by atoms with van der Waals surface area (Å²) in [5.74, 6) is 0. The van der Waals surface area contributed by atoms with Gasteiger partial charge in [0.25, 0.3) is 0 Å². The van der Waals surface area contributed by atoms with Gasteiger partial charge in [-0.15, -0.1) is 8.58 Å². The molecule has 1 rings (SSSR count). The van der Waals surface area contributed by atoms with E-state index >= 15 is 0 Å². The molecular formula is C10H16NP. The zero-order valence-electron chi connectivity index (χ0n) is 7.29. The quantitative estimate of drug-likeness (QED) is 0.547. The molecule has 0 amide bonds. The van der Waals surface area contributed by atoms with Crippen molar-refractivity contribution in [3.05, 3.63) is 35.9 Å². The molecule has 0 spiro atoms. The fraction of sp³-hybridized carbons (Fsp3) is 0.400. The number of rotatable bonds is 5. The van der Waals surface area contributed by atoms with Gasteiger partial charge in [0.2, 0.25) is 0 Å². The maximum Gasteiger partial charge on any atom is 0.00988 e. The average molecular weight is 181 g/mol. The Labute approximate surface area is 76.1 Å². The van der Waals surface area contributed by atoms with Gasteiger partial charge >= 0.3 is 0 Å². The van der Waals surface area contributed by atoms with Crippen molar-refractivity contribution >= 4 is 8.58 Å². The van der Waals surface area contributed by atoms with Gasteiger partial charge in [-0.2, -0.15) is 0 Å². The van der Waals surface area contributed by atoms with E-state index in [1.54, 1.807) is 0 Å². The number of nitrogens with two attached hydrogens (primary N) is 1. The summed E-state index contributed by atoms with van der Waals surface area (Å²) in [5.41, 5.74) is 6.86. The maximum absolute atomic E-state index is 5.42. The minimum atomic E-state index is 0.856. The highest BCUT2D eigenvalue weighted by atomic mass is 31.1. The molecule has 0 saturated heterocycles. The summed E-state index contributed by atoms with van der Waals surface area (Å²) in [6.07, 6.45) is 4.62. The predicted octanol–water partition coefficient (Wildman–Crippen LogP) is 2.21. The zero-order valence-corrected chi connectivity index (χ0v) is 8.29. The topological polar surface area (TPSA) is 26.0 Å². The van der Waals surface area contributed by atoms with Crippen LogP contribution in [0.15, 0.2) is 30.3 Å². The largest absolute Gasteiger partial charge is 0.327 e. The van der Waals surface area contributed by atoms with Crippen LogP contribution in [0.1, 0.15) is 12.0 Å². The van der Waals surface area contributed by atoms with E-state index in [-0.39, 0.29) is 0 Å². The van der Waals surface area contributed by atoms with E-state index in [1.165, 1.54) is 24.6 Å². The van der Waals surface area contributed by atoms with Crippen molar-refractivity contribution in [3.63, 3.8) is 0 Å². The minimum Gasteiger partial charge on any atom is -0.327 e. The molecule has 1 aromatic rings. The molecule has 1 aromatic carbocycles. The van der Waals surface area contributed by atoms with Crippen LogP contribution >= 0.6 is 8.58 Å². The van der Waals surface area contributed by atoms with E-state index in [4.69, 9.17) is 5.73 Å². The summed E-state index contributed by atoms with van der Waals surface area (Å²) in [4.78, 5) is 0. The SMILES string of the molecule is NCPCCCc1ccccc1. The first-order chi connectivity index (χ1) is 5.93. The third-order valence-electron chi connectivity index (χ3n) is 1.81. The Kier molecular flexibility index (Phi) is 4.98. The van der Waals surface area contributed by atoms with Crippen LogP contribution in [0.3, 0.4) is 0 Å². The van der Waals surface area contributed by atoms with Crippen LogP contribution in [0.2, 0.25) is 0 Å². The summed E-state index contributed by atoms with van der Waals surface area (Å²) < 4.78 is 0. The van der Waals surface area contributed by atoms with Gasteiger partial charge < -0.3 is 5.73 Å². The highest BCUT2D eigenvalue weighted by molar-refractivity contribution is 7.37. The van der Waals surface area contributed by atoms with Crippen LogP contribution in [-0.4, -0.2) is 12.4 Å². The summed E-state index contributed by atoms with van der Waals surface area (Å²) in [6, 6.07) is 10.6. The van der Waals surface area contributed by atoms with Crippen LogP contribution in [0.4, 0.5) is 0 Å². The second kappa shape index (κ2) is 6.16. The molecule has 0 bridgehead atoms. The Hall–Kier alpha value is -0.390. The van der Waals surface area contributed by atoms with Gasteiger partial charge in [-0.1, -0.05) is 30.3 Å². The maximum atomic E-state index is 5.42. The second-order valence-electron chi connectivity index (χ2n) is 2.79. The molecule has 0 fully saturated rings. The van der Waals surface area contributed by atoms with Crippen molar-refractivity contribution in [2.45, 2.75) is 12.8 Å². The Morgan fingerprint density at radius 3 is 2.58 bits per heavy atom. The molecule has 0 saturated carbocycles. The lowest BCUT2D eigenvalue weighted by molar-refractivity contribution is 0.930. The summed E-state index contributed by atoms with van der Waals surface area (Å²) >= 11 is 0. The van der Waals surface area contributed by atoms with Gasteiger partial charge in [-0.3, -0.25) is 0 Å². The Morgan fingerprint density at radius 1 is 1.17 bits per heavy atom. The van der Waals surface area contributed by atoms with Gasteiger partial charge in [-0.05, 0) is 24.6 Å². The summed E-state index contributed by atoms with van der Waals surface area (Å²) in [6.45, 7) is 0. The Morgan fingerprint density at radius 2 is 1.92 bits per heavy atom. The molecule has 0 heterocycles. The summed E-state index contributed by atoms with van der Waals surface area (Å²) in [5, 5.41) is 0. The Bertz CT molecular complexity index is 198. The van der Waals surface area contributed by atoms with Gasteiger partial charge in [0.1, 0.15) is 0 Å². The second-order valence-corrected chi connectivity index (χ2v) is 4.20. The lowest BCUT2D eigenvalue weighted by Gasteiger charge is -1.99. The van der Waals surface area contributed by atoms with Crippen molar-refractivity contribution in [2.24, 2.45) is 5.73 Å². The molecule has 0 aliphatic carbocycles. The first-order valence-electron chi connectivity index (χ1n) is 4.38. The van der Waals surface area contributed by atoms with Crippen LogP contribution in [-0.2, 0) is 6.42 Å². The lowest BCUT2D eigenvalue weighted by Crippen LogP contribution is -1.93. The van der Waals surface area contributed by atoms with Gasteiger partial charge in [0, 0.05) is 6.29 Å². The molecule has 1 unspecified atom stereocenters. The van der Waals surface area contributed by atoms with Crippen molar-refractivity contribution in [1.29, 1.82) is 0 Å². The molecule has 1 nitrogen and oxygen atoms in total. The number of aryl methyl sites for hydroxylation is 1. The fourth-order valence-corrected chi connectivity index (χ4v) is 1.80. The monoisotopic (exact) mass is 181 g/mol. The predicted molar refractivity (Wildman–Crippen MR) is 57.0 cm³/mol. The third-order valence-corrected chi connectivity index (χ3v) is 2.80. The van der Waals surface area contributed by atoms with Gasteiger partial charge in [0.05, 0.1) is 0 Å². The van der Waals surface area contributed by atoms with Crippen LogP contribution in [0, 0.1) is 0 Å². The minimum absolute atomic E-state index is 0.856. The number of hydrogen-bond acceptors (Lipinski definition) is 1. The normalized spacial score (nSPS) is 11.1. The Balaban J connectivity index is 2.16. The van der Waals surface area contributed by atoms with Crippen molar-refractivity contribution < 1.29 is 0 Å². The highest BCUT2D eigenvalue weighted by Crippen LogP contribution is 2.10. The first kappa shape index (κ1) is 9.70. The number of benzene rings is 1. The third kappa shape index (κ3) is 3.85. The van der Waals surface area contributed by atoms with E-state index in [1.807, 2.05) is 0 Å². The van der Waals surface area contributed by atoms with Crippen LogP contribution in [0.5, 0.6) is 0 Å². The van der Waals surface area contributed by atoms with E-state index in [0.29, 0.717) is 0 Å². The van der Waals surface area contributed by atoms with E-state index in [2.05, 4.69) is 30.3 Å². The molecule has 0 radical (unpaired) electrons. The molecule has 2 heteroatoms. The molecule has 0 aromatic heterocycles. The number of hydrogen-bond donors (Lipinski definition) is 1. The van der Waals surface area contributed by atoms with E-state index in [0.717, 1.165) is 14.9 Å². The van der Waals surface area contributed by atoms with Crippen LogP contribution < -0.4 is 5.73 Å². The lowest BCUT2D eigenvalue weighted by atomic mass is 10.1. The van der Waals surface area contributed by atoms with E-state index in [9.17, 15) is 0 Å². The van der Waals surface area contributed by atoms with Crippen molar-refractivity contribution in [2.75, 3.05) is 12.4 Å². The van der Waals surface area contributed by atoms with Crippen LogP contribution in [0.25, 0.3) is 0 Å². The van der Waals surface area contributed by atoms with Gasteiger partial charge in [-0.25, -0.2) is 0 Å². The standard InChI is InChI=1S/C10H16NP/c11-9-12-8-4-7-10-5-2-1-3-6-10/h1-3,5-6,12H,4,7-9,11H2. The molecule has 2 N–H and O–H groups in total. The van der Waals surface area contributed by atoms with Gasteiger partial charge in [0.15, 0.2) is 0 Å². The molecular weight excluding hydrogens is 165 g/mol. The zero-order chi connectivity index (χ0) is 8.65. The molecule has 12 heavy (non-hydrogen) atoms. The highest BCUT2D eigenvalue weighted by Gasteiger charge is 1.90. The fourth-order valence-electron chi connectivity index (χ4n) is 1.16. The summed E-state index contributed by atoms with van der Waals surface area (Å²) in [7, 11) is 0.944. The van der Waals surface area contributed by atoms with E-state index < -0.39 is 0 Å². The van der Waals surface area contributed by atoms with Crippen molar-refractivity contribution in [3.8, 4) is 0 Å².